The second-order valence-corrected chi connectivity index (χ2v) is 5.50. The van der Waals surface area contributed by atoms with Gasteiger partial charge in [0.05, 0.1) is 10.6 Å². The number of hydrogen-bond donors (Lipinski definition) is 1. The average molecular weight is 279 g/mol. The van der Waals surface area contributed by atoms with E-state index in [-0.39, 0.29) is 11.9 Å². The van der Waals surface area contributed by atoms with Crippen LogP contribution in [0.15, 0.2) is 18.2 Å². The molecule has 19 heavy (non-hydrogen) atoms. The number of aromatic nitrogens is 2. The molecule has 0 aliphatic carbocycles. The topological polar surface area (TPSA) is 51.8 Å². The number of aryl methyl sites for hydroxylation is 2. The van der Waals surface area contributed by atoms with Crippen LogP contribution in [0.5, 0.6) is 0 Å². The monoisotopic (exact) mass is 279 g/mol. The fraction of sp³-hybridized carbons (Fsp3) is 0.429. The Morgan fingerprint density at radius 2 is 2.21 bits per heavy atom. The quantitative estimate of drug-likeness (QED) is 0.914. The Hall–Kier alpha value is -1.33. The fourth-order valence-electron chi connectivity index (χ4n) is 2.10. The Bertz CT molecular complexity index is 553. The molecule has 1 aromatic carbocycles. The van der Waals surface area contributed by atoms with E-state index in [2.05, 4.69) is 16.5 Å². The lowest BCUT2D eigenvalue weighted by atomic mass is 9.99. The second kappa shape index (κ2) is 6.21. The Morgan fingerprint density at radius 3 is 2.95 bits per heavy atom. The highest BCUT2D eigenvalue weighted by Gasteiger charge is 2.16. The summed E-state index contributed by atoms with van der Waals surface area (Å²) in [5, 5.41) is 4.12. The van der Waals surface area contributed by atoms with Crippen LogP contribution in [0, 0.1) is 12.7 Å². The molecule has 0 fully saturated rings. The number of hydrogen-bond acceptors (Lipinski definition) is 4. The van der Waals surface area contributed by atoms with E-state index in [9.17, 15) is 4.39 Å². The van der Waals surface area contributed by atoms with Gasteiger partial charge in [-0.25, -0.2) is 4.39 Å². The molecule has 2 N–H and O–H groups in total. The van der Waals surface area contributed by atoms with Crippen LogP contribution in [-0.4, -0.2) is 9.59 Å². The first kappa shape index (κ1) is 14.1. The lowest BCUT2D eigenvalue weighted by molar-refractivity contribution is 0.621. The van der Waals surface area contributed by atoms with Gasteiger partial charge < -0.3 is 5.73 Å². The van der Waals surface area contributed by atoms with Gasteiger partial charge in [0.2, 0.25) is 0 Å². The van der Waals surface area contributed by atoms with Gasteiger partial charge in [0, 0.05) is 6.04 Å². The Morgan fingerprint density at radius 1 is 1.42 bits per heavy atom. The zero-order valence-corrected chi connectivity index (χ0v) is 12.0. The minimum absolute atomic E-state index is 0.165. The Kier molecular flexibility index (Phi) is 4.61. The molecular formula is C14H18FN3S. The lowest BCUT2D eigenvalue weighted by Gasteiger charge is -2.12. The van der Waals surface area contributed by atoms with Gasteiger partial charge in [-0.15, -0.1) is 5.10 Å². The molecule has 1 heterocycles. The Labute approximate surface area is 116 Å². The highest BCUT2D eigenvalue weighted by atomic mass is 32.1. The highest BCUT2D eigenvalue weighted by molar-refractivity contribution is 7.05. The smallest absolute Gasteiger partial charge is 0.123 e. The molecule has 3 nitrogen and oxygen atoms in total. The number of rotatable bonds is 5. The second-order valence-electron chi connectivity index (χ2n) is 4.72. The Balaban J connectivity index is 2.18. The van der Waals surface area contributed by atoms with Gasteiger partial charge in [0.25, 0.3) is 0 Å². The molecule has 1 atom stereocenters. The zero-order valence-electron chi connectivity index (χ0n) is 11.2. The van der Waals surface area contributed by atoms with Crippen molar-refractivity contribution in [1.29, 1.82) is 0 Å². The van der Waals surface area contributed by atoms with Crippen molar-refractivity contribution in [3.05, 3.63) is 45.7 Å². The van der Waals surface area contributed by atoms with Gasteiger partial charge in [0.15, 0.2) is 0 Å². The van der Waals surface area contributed by atoms with Gasteiger partial charge >= 0.3 is 0 Å². The van der Waals surface area contributed by atoms with Crippen molar-refractivity contribution in [2.45, 2.75) is 39.2 Å². The summed E-state index contributed by atoms with van der Waals surface area (Å²) < 4.78 is 17.3. The van der Waals surface area contributed by atoms with Crippen molar-refractivity contribution in [3.8, 4) is 0 Å². The van der Waals surface area contributed by atoms with Crippen LogP contribution in [-0.2, 0) is 12.8 Å². The van der Waals surface area contributed by atoms with E-state index in [1.165, 1.54) is 17.6 Å². The summed E-state index contributed by atoms with van der Waals surface area (Å²) in [6.45, 7) is 4.07. The summed E-state index contributed by atoms with van der Waals surface area (Å²) in [7, 11) is 0. The van der Waals surface area contributed by atoms with Crippen molar-refractivity contribution in [1.82, 2.24) is 9.59 Å². The summed E-state index contributed by atoms with van der Waals surface area (Å²) in [6, 6.07) is 4.65. The summed E-state index contributed by atoms with van der Waals surface area (Å²) in [4.78, 5) is 1.02. The largest absolute Gasteiger partial charge is 0.323 e. The van der Waals surface area contributed by atoms with Crippen LogP contribution < -0.4 is 5.73 Å². The SMILES string of the molecule is CCCc1nnsc1C(N)Cc1cc(F)ccc1C. The molecule has 2 aromatic rings. The average Bonchev–Trinajstić information content (AvgIpc) is 2.82. The maximum atomic E-state index is 13.3. The van der Waals surface area contributed by atoms with E-state index in [1.54, 1.807) is 12.1 Å². The minimum Gasteiger partial charge on any atom is -0.323 e. The molecule has 0 spiro atoms. The van der Waals surface area contributed by atoms with E-state index >= 15 is 0 Å². The number of benzene rings is 1. The van der Waals surface area contributed by atoms with Crippen molar-refractivity contribution in [3.63, 3.8) is 0 Å². The normalized spacial score (nSPS) is 12.6. The van der Waals surface area contributed by atoms with Gasteiger partial charge in [-0.1, -0.05) is 23.9 Å². The van der Waals surface area contributed by atoms with Gasteiger partial charge in [-0.3, -0.25) is 0 Å². The number of nitrogens with zero attached hydrogens (tertiary/aromatic N) is 2. The molecular weight excluding hydrogens is 261 g/mol. The summed E-state index contributed by atoms with van der Waals surface area (Å²) in [6.07, 6.45) is 2.52. The van der Waals surface area contributed by atoms with E-state index < -0.39 is 0 Å². The zero-order chi connectivity index (χ0) is 13.8. The van der Waals surface area contributed by atoms with Gasteiger partial charge in [-0.2, -0.15) is 0 Å². The number of nitrogens with two attached hydrogens (primary N) is 1. The molecule has 1 unspecified atom stereocenters. The third-order valence-corrected chi connectivity index (χ3v) is 4.06. The molecule has 0 aliphatic rings. The van der Waals surface area contributed by atoms with Crippen LogP contribution in [0.1, 0.15) is 41.1 Å². The lowest BCUT2D eigenvalue weighted by Crippen LogP contribution is -2.14. The van der Waals surface area contributed by atoms with E-state index in [0.29, 0.717) is 6.42 Å². The maximum Gasteiger partial charge on any atom is 0.123 e. The predicted octanol–water partition coefficient (Wildman–Crippen LogP) is 3.18. The third-order valence-electron chi connectivity index (χ3n) is 3.16. The first-order valence-corrected chi connectivity index (χ1v) is 7.21. The standard InChI is InChI=1S/C14H18FN3S/c1-3-4-13-14(19-18-17-13)12(16)8-10-7-11(15)6-5-9(10)2/h5-7,12H,3-4,8,16H2,1-2H3. The summed E-state index contributed by atoms with van der Waals surface area (Å²) >= 11 is 1.35. The molecule has 102 valence electrons. The molecule has 0 saturated heterocycles. The van der Waals surface area contributed by atoms with E-state index in [1.807, 2.05) is 6.92 Å². The molecule has 0 saturated carbocycles. The van der Waals surface area contributed by atoms with Crippen LogP contribution in [0.2, 0.25) is 0 Å². The van der Waals surface area contributed by atoms with Crippen molar-refractivity contribution < 1.29 is 4.39 Å². The summed E-state index contributed by atoms with van der Waals surface area (Å²) in [5.74, 6) is -0.219. The molecule has 0 amide bonds. The fourth-order valence-corrected chi connectivity index (χ4v) is 2.79. The first-order chi connectivity index (χ1) is 9.11. The molecule has 0 radical (unpaired) electrons. The van der Waals surface area contributed by atoms with Crippen LogP contribution in [0.25, 0.3) is 0 Å². The van der Waals surface area contributed by atoms with E-state index in [0.717, 1.165) is 34.5 Å². The molecule has 0 bridgehead atoms. The highest BCUT2D eigenvalue weighted by Crippen LogP contribution is 2.24. The molecule has 2 rings (SSSR count). The minimum atomic E-state index is -0.219. The molecule has 0 aliphatic heterocycles. The van der Waals surface area contributed by atoms with Gasteiger partial charge in [0.1, 0.15) is 5.82 Å². The summed E-state index contributed by atoms with van der Waals surface area (Å²) in [5.41, 5.74) is 9.22. The van der Waals surface area contributed by atoms with Crippen molar-refractivity contribution in [2.24, 2.45) is 5.73 Å². The van der Waals surface area contributed by atoms with E-state index in [4.69, 9.17) is 5.73 Å². The van der Waals surface area contributed by atoms with Crippen LogP contribution >= 0.6 is 11.5 Å². The predicted molar refractivity (Wildman–Crippen MR) is 75.7 cm³/mol. The van der Waals surface area contributed by atoms with Gasteiger partial charge in [-0.05, 0) is 54.6 Å². The molecule has 5 heteroatoms. The molecule has 1 aromatic heterocycles. The van der Waals surface area contributed by atoms with Crippen LogP contribution in [0.3, 0.4) is 0 Å². The van der Waals surface area contributed by atoms with Crippen molar-refractivity contribution >= 4 is 11.5 Å². The maximum absolute atomic E-state index is 13.3. The first-order valence-electron chi connectivity index (χ1n) is 6.43. The third kappa shape index (κ3) is 3.36. The van der Waals surface area contributed by atoms with Crippen molar-refractivity contribution in [2.75, 3.05) is 0 Å². The van der Waals surface area contributed by atoms with Crippen LogP contribution in [0.4, 0.5) is 4.39 Å². The number of halogens is 1.